The molecule has 1 aliphatic heterocycles. The van der Waals surface area contributed by atoms with Crippen molar-refractivity contribution in [3.63, 3.8) is 0 Å². The van der Waals surface area contributed by atoms with Crippen molar-refractivity contribution in [3.05, 3.63) is 29.8 Å². The Morgan fingerprint density at radius 2 is 2.19 bits per heavy atom. The fraction of sp³-hybridized carbons (Fsp3) is 0.538. The number of benzene rings is 1. The first-order valence-electron chi connectivity index (χ1n) is 5.75. The first kappa shape index (κ1) is 11.4. The molecule has 2 atom stereocenters. The summed E-state index contributed by atoms with van der Waals surface area (Å²) in [4.78, 5) is 0. The highest BCUT2D eigenvalue weighted by atomic mass is 16.5. The molecule has 1 saturated heterocycles. The van der Waals surface area contributed by atoms with Crippen molar-refractivity contribution in [2.24, 2.45) is 5.92 Å². The Bertz CT molecular complexity index is 367. The van der Waals surface area contributed by atoms with Gasteiger partial charge >= 0.3 is 0 Å². The Morgan fingerprint density at radius 1 is 1.44 bits per heavy atom. The van der Waals surface area contributed by atoms with Gasteiger partial charge in [0.15, 0.2) is 0 Å². The normalized spacial score (nSPS) is 30.1. The summed E-state index contributed by atoms with van der Waals surface area (Å²) < 4.78 is 5.33. The van der Waals surface area contributed by atoms with Crippen molar-refractivity contribution in [1.29, 1.82) is 0 Å². The molecule has 0 amide bonds. The monoisotopic (exact) mass is 221 g/mol. The van der Waals surface area contributed by atoms with Crippen LogP contribution >= 0.6 is 0 Å². The van der Waals surface area contributed by atoms with Gasteiger partial charge in [-0.15, -0.1) is 0 Å². The van der Waals surface area contributed by atoms with Crippen LogP contribution in [0.4, 0.5) is 0 Å². The lowest BCUT2D eigenvalue weighted by Gasteiger charge is -2.39. The Morgan fingerprint density at radius 3 is 2.88 bits per heavy atom. The minimum absolute atomic E-state index is 0.192. The lowest BCUT2D eigenvalue weighted by atomic mass is 9.77. The SMILES string of the molecule is COc1ccccc1C1(O)CCNCC1C. The maximum atomic E-state index is 10.8. The van der Waals surface area contributed by atoms with Crippen LogP contribution in [0.2, 0.25) is 0 Å². The van der Waals surface area contributed by atoms with E-state index in [0.29, 0.717) is 0 Å². The van der Waals surface area contributed by atoms with E-state index in [0.717, 1.165) is 30.8 Å². The average molecular weight is 221 g/mol. The molecular formula is C13H19NO2. The molecular weight excluding hydrogens is 202 g/mol. The van der Waals surface area contributed by atoms with Crippen molar-refractivity contribution in [2.75, 3.05) is 20.2 Å². The van der Waals surface area contributed by atoms with Crippen LogP contribution in [0.3, 0.4) is 0 Å². The van der Waals surface area contributed by atoms with Gasteiger partial charge in [-0.05, 0) is 19.0 Å². The molecule has 2 N–H and O–H groups in total. The van der Waals surface area contributed by atoms with Gasteiger partial charge in [-0.3, -0.25) is 0 Å². The second-order valence-corrected chi connectivity index (χ2v) is 4.48. The van der Waals surface area contributed by atoms with E-state index in [1.165, 1.54) is 0 Å². The first-order chi connectivity index (χ1) is 7.68. The van der Waals surface area contributed by atoms with Crippen LogP contribution in [0.25, 0.3) is 0 Å². The van der Waals surface area contributed by atoms with Crippen LogP contribution in [0, 0.1) is 5.92 Å². The molecule has 0 saturated carbocycles. The molecule has 0 aromatic heterocycles. The Balaban J connectivity index is 2.40. The molecule has 0 aliphatic carbocycles. The number of ether oxygens (including phenoxy) is 1. The summed E-state index contributed by atoms with van der Waals surface area (Å²) >= 11 is 0. The summed E-state index contributed by atoms with van der Waals surface area (Å²) in [6.07, 6.45) is 0.731. The third-order valence-electron chi connectivity index (χ3n) is 3.52. The van der Waals surface area contributed by atoms with Crippen molar-refractivity contribution < 1.29 is 9.84 Å². The van der Waals surface area contributed by atoms with E-state index >= 15 is 0 Å². The molecule has 0 radical (unpaired) electrons. The molecule has 2 unspecified atom stereocenters. The molecule has 1 fully saturated rings. The maximum Gasteiger partial charge on any atom is 0.124 e. The summed E-state index contributed by atoms with van der Waals surface area (Å²) in [7, 11) is 1.65. The van der Waals surface area contributed by atoms with E-state index in [4.69, 9.17) is 4.74 Å². The summed E-state index contributed by atoms with van der Waals surface area (Å²) in [5.41, 5.74) is 0.143. The average Bonchev–Trinajstić information content (AvgIpc) is 2.33. The van der Waals surface area contributed by atoms with Gasteiger partial charge in [0.2, 0.25) is 0 Å². The van der Waals surface area contributed by atoms with E-state index in [-0.39, 0.29) is 5.92 Å². The van der Waals surface area contributed by atoms with Gasteiger partial charge in [0, 0.05) is 18.0 Å². The molecule has 2 rings (SSSR count). The van der Waals surface area contributed by atoms with Gasteiger partial charge in [0.05, 0.1) is 12.7 Å². The highest BCUT2D eigenvalue weighted by Gasteiger charge is 2.39. The first-order valence-corrected chi connectivity index (χ1v) is 5.75. The minimum Gasteiger partial charge on any atom is -0.496 e. The van der Waals surface area contributed by atoms with E-state index in [1.54, 1.807) is 7.11 Å². The van der Waals surface area contributed by atoms with Crippen molar-refractivity contribution in [3.8, 4) is 5.75 Å². The minimum atomic E-state index is -0.766. The predicted octanol–water partition coefficient (Wildman–Crippen LogP) is 1.51. The number of nitrogens with one attached hydrogen (secondary N) is 1. The fourth-order valence-corrected chi connectivity index (χ4v) is 2.42. The highest BCUT2D eigenvalue weighted by Crippen LogP contribution is 2.39. The van der Waals surface area contributed by atoms with Crippen molar-refractivity contribution in [2.45, 2.75) is 18.9 Å². The Kier molecular flexibility index (Phi) is 3.17. The maximum absolute atomic E-state index is 10.8. The van der Waals surface area contributed by atoms with Crippen molar-refractivity contribution in [1.82, 2.24) is 5.32 Å². The van der Waals surface area contributed by atoms with Crippen LogP contribution in [-0.4, -0.2) is 25.3 Å². The van der Waals surface area contributed by atoms with Gasteiger partial charge in [0.1, 0.15) is 5.75 Å². The van der Waals surface area contributed by atoms with E-state index in [2.05, 4.69) is 12.2 Å². The smallest absolute Gasteiger partial charge is 0.124 e. The summed E-state index contributed by atoms with van der Waals surface area (Å²) in [5.74, 6) is 0.969. The molecule has 1 heterocycles. The highest BCUT2D eigenvalue weighted by molar-refractivity contribution is 5.38. The molecule has 16 heavy (non-hydrogen) atoms. The number of aliphatic hydroxyl groups is 1. The standard InChI is InChI=1S/C13H19NO2/c1-10-9-14-8-7-13(10,15)11-5-3-4-6-12(11)16-2/h3-6,10,14-15H,7-9H2,1-2H3. The number of hydrogen-bond acceptors (Lipinski definition) is 3. The second-order valence-electron chi connectivity index (χ2n) is 4.48. The number of piperidine rings is 1. The molecule has 0 bridgehead atoms. The molecule has 1 aromatic rings. The zero-order chi connectivity index (χ0) is 11.6. The van der Waals surface area contributed by atoms with E-state index in [9.17, 15) is 5.11 Å². The molecule has 3 heteroatoms. The Hall–Kier alpha value is -1.06. The molecule has 0 spiro atoms. The quantitative estimate of drug-likeness (QED) is 0.795. The van der Waals surface area contributed by atoms with Crippen LogP contribution in [-0.2, 0) is 5.60 Å². The van der Waals surface area contributed by atoms with Gasteiger partial charge in [-0.2, -0.15) is 0 Å². The Labute approximate surface area is 96.4 Å². The van der Waals surface area contributed by atoms with E-state index < -0.39 is 5.60 Å². The number of rotatable bonds is 2. The summed E-state index contributed by atoms with van der Waals surface area (Å²) in [6.45, 7) is 3.76. The zero-order valence-electron chi connectivity index (χ0n) is 9.86. The topological polar surface area (TPSA) is 41.5 Å². The summed E-state index contributed by atoms with van der Waals surface area (Å²) in [5, 5.41) is 14.1. The van der Waals surface area contributed by atoms with Crippen LogP contribution in [0.15, 0.2) is 24.3 Å². The van der Waals surface area contributed by atoms with Gasteiger partial charge in [-0.1, -0.05) is 25.1 Å². The third-order valence-corrected chi connectivity index (χ3v) is 3.52. The largest absolute Gasteiger partial charge is 0.496 e. The van der Waals surface area contributed by atoms with Gasteiger partial charge in [-0.25, -0.2) is 0 Å². The van der Waals surface area contributed by atoms with Crippen LogP contribution in [0.5, 0.6) is 5.75 Å². The summed E-state index contributed by atoms with van der Waals surface area (Å²) in [6, 6.07) is 7.74. The molecule has 3 nitrogen and oxygen atoms in total. The predicted molar refractivity (Wildman–Crippen MR) is 63.5 cm³/mol. The van der Waals surface area contributed by atoms with Crippen LogP contribution < -0.4 is 10.1 Å². The van der Waals surface area contributed by atoms with Crippen molar-refractivity contribution >= 4 is 0 Å². The van der Waals surface area contributed by atoms with Crippen LogP contribution in [0.1, 0.15) is 18.9 Å². The number of methoxy groups -OCH3 is 1. The van der Waals surface area contributed by atoms with Gasteiger partial charge in [0.25, 0.3) is 0 Å². The fourth-order valence-electron chi connectivity index (χ4n) is 2.42. The number of para-hydroxylation sites is 1. The lowest BCUT2D eigenvalue weighted by Crippen LogP contribution is -2.46. The third kappa shape index (κ3) is 1.81. The zero-order valence-corrected chi connectivity index (χ0v) is 9.86. The molecule has 1 aliphatic rings. The second kappa shape index (κ2) is 4.44. The molecule has 1 aromatic carbocycles. The lowest BCUT2D eigenvalue weighted by molar-refractivity contribution is -0.0408. The van der Waals surface area contributed by atoms with E-state index in [1.807, 2.05) is 24.3 Å². The van der Waals surface area contributed by atoms with Gasteiger partial charge < -0.3 is 15.2 Å². The number of hydrogen-bond donors (Lipinski definition) is 2. The molecule has 88 valence electrons.